The maximum absolute atomic E-state index is 13.2. The number of benzene rings is 1. The van der Waals surface area contributed by atoms with Crippen molar-refractivity contribution in [1.29, 1.82) is 0 Å². The first kappa shape index (κ1) is 20.6. The molecule has 10 heteroatoms. The highest BCUT2D eigenvalue weighted by Gasteiger charge is 2.11. The zero-order valence-electron chi connectivity index (χ0n) is 15.8. The van der Waals surface area contributed by atoms with Crippen LogP contribution in [-0.4, -0.2) is 36.5 Å². The molecule has 0 bridgehead atoms. The fourth-order valence-corrected chi connectivity index (χ4v) is 3.69. The van der Waals surface area contributed by atoms with Crippen molar-refractivity contribution in [2.24, 2.45) is 0 Å². The molecule has 0 atom stereocenters. The van der Waals surface area contributed by atoms with Gasteiger partial charge in [-0.3, -0.25) is 0 Å². The van der Waals surface area contributed by atoms with Gasteiger partial charge in [-0.15, -0.1) is 0 Å². The van der Waals surface area contributed by atoms with E-state index in [2.05, 4.69) is 30.3 Å². The number of sulfonamides is 1. The molecule has 3 rings (SSSR count). The maximum Gasteiger partial charge on any atom is 0.215 e. The molecule has 0 radical (unpaired) electrons. The topological polar surface area (TPSA) is 109 Å². The fourth-order valence-electron chi connectivity index (χ4n) is 2.55. The van der Waals surface area contributed by atoms with E-state index in [4.69, 9.17) is 0 Å². The van der Waals surface area contributed by atoms with Gasteiger partial charge < -0.3 is 10.6 Å². The third kappa shape index (κ3) is 6.77. The Labute approximate surface area is 168 Å². The molecule has 3 aromatic rings. The van der Waals surface area contributed by atoms with Crippen molar-refractivity contribution >= 4 is 27.5 Å². The van der Waals surface area contributed by atoms with Crippen molar-refractivity contribution in [3.8, 4) is 0 Å². The van der Waals surface area contributed by atoms with Gasteiger partial charge in [0.15, 0.2) is 0 Å². The van der Waals surface area contributed by atoms with Crippen LogP contribution < -0.4 is 15.4 Å². The minimum atomic E-state index is -3.57. The summed E-state index contributed by atoms with van der Waals surface area (Å²) in [5.41, 5.74) is 1.46. The van der Waals surface area contributed by atoms with Gasteiger partial charge in [0.2, 0.25) is 10.0 Å². The van der Waals surface area contributed by atoms with E-state index in [9.17, 15) is 12.8 Å². The van der Waals surface area contributed by atoms with E-state index >= 15 is 0 Å². The number of hydrogen-bond acceptors (Lipinski definition) is 7. The molecule has 0 spiro atoms. The predicted molar refractivity (Wildman–Crippen MR) is 110 cm³/mol. The predicted octanol–water partition coefficient (Wildman–Crippen LogP) is 2.59. The summed E-state index contributed by atoms with van der Waals surface area (Å²) >= 11 is 0. The van der Waals surface area contributed by atoms with Gasteiger partial charge in [-0.05, 0) is 42.3 Å². The smallest absolute Gasteiger partial charge is 0.215 e. The number of hydrogen-bond donors (Lipinski definition) is 3. The minimum Gasteiger partial charge on any atom is -0.369 e. The van der Waals surface area contributed by atoms with Crippen molar-refractivity contribution in [2.45, 2.75) is 12.7 Å². The molecule has 0 saturated heterocycles. The third-order valence-corrected chi connectivity index (χ3v) is 5.19. The van der Waals surface area contributed by atoms with Crippen molar-refractivity contribution in [3.05, 3.63) is 71.9 Å². The summed E-state index contributed by atoms with van der Waals surface area (Å²) in [5, 5.41) is 6.12. The maximum atomic E-state index is 13.2. The lowest BCUT2D eigenvalue weighted by Gasteiger charge is -2.10. The van der Waals surface area contributed by atoms with Crippen LogP contribution >= 0.6 is 0 Å². The number of aromatic nitrogens is 3. The van der Waals surface area contributed by atoms with Gasteiger partial charge in [0.25, 0.3) is 0 Å². The second-order valence-corrected chi connectivity index (χ2v) is 8.15. The summed E-state index contributed by atoms with van der Waals surface area (Å²) in [4.78, 5) is 12.5. The lowest BCUT2D eigenvalue weighted by Crippen LogP contribution is -2.30. The van der Waals surface area contributed by atoms with E-state index in [-0.39, 0.29) is 12.3 Å². The highest BCUT2D eigenvalue weighted by atomic mass is 32.2. The van der Waals surface area contributed by atoms with Gasteiger partial charge in [0.05, 0.1) is 5.75 Å². The van der Waals surface area contributed by atoms with Gasteiger partial charge >= 0.3 is 0 Å². The molecule has 3 N–H and O–H groups in total. The van der Waals surface area contributed by atoms with Gasteiger partial charge in [-0.1, -0.05) is 12.1 Å². The van der Waals surface area contributed by atoms with Crippen LogP contribution in [0.5, 0.6) is 0 Å². The quantitative estimate of drug-likeness (QED) is 0.460. The summed E-state index contributed by atoms with van der Waals surface area (Å²) in [6.45, 7) is 2.44. The summed E-state index contributed by atoms with van der Waals surface area (Å²) in [7, 11) is -3.57. The molecule has 0 amide bonds. The molecule has 29 heavy (non-hydrogen) atoms. The van der Waals surface area contributed by atoms with Crippen LogP contribution in [0.25, 0.3) is 0 Å². The summed E-state index contributed by atoms with van der Waals surface area (Å²) in [6.07, 6.45) is 3.10. The number of nitrogens with zero attached hydrogens (tertiary/aromatic N) is 3. The summed E-state index contributed by atoms with van der Waals surface area (Å²) in [6, 6.07) is 11.0. The number of aryl methyl sites for hydroxylation is 1. The molecule has 8 nitrogen and oxygen atoms in total. The summed E-state index contributed by atoms with van der Waals surface area (Å²) < 4.78 is 39.9. The van der Waals surface area contributed by atoms with E-state index in [1.165, 1.54) is 24.5 Å². The standard InChI is InChI=1S/C19H21FN6O2S/c1-14-5-6-21-18(9-14)26-19-11-17(23-13-24-19)22-7-8-25-29(27,28)12-15-3-2-4-16(20)10-15/h2-6,9-11,13,25H,7-8,12H2,1H3,(H2,21,22,23,24,26). The average Bonchev–Trinajstić information content (AvgIpc) is 2.65. The van der Waals surface area contributed by atoms with Crippen LogP contribution in [0.2, 0.25) is 0 Å². The number of pyridine rings is 1. The van der Waals surface area contributed by atoms with Gasteiger partial charge in [0.1, 0.15) is 29.6 Å². The van der Waals surface area contributed by atoms with E-state index < -0.39 is 15.8 Å². The molecule has 152 valence electrons. The zero-order valence-corrected chi connectivity index (χ0v) is 16.6. The van der Waals surface area contributed by atoms with Crippen molar-refractivity contribution in [1.82, 2.24) is 19.7 Å². The van der Waals surface area contributed by atoms with Gasteiger partial charge in [-0.25, -0.2) is 32.5 Å². The second-order valence-electron chi connectivity index (χ2n) is 6.34. The van der Waals surface area contributed by atoms with Crippen molar-refractivity contribution < 1.29 is 12.8 Å². The van der Waals surface area contributed by atoms with Crippen LogP contribution in [0.3, 0.4) is 0 Å². The van der Waals surface area contributed by atoms with Gasteiger partial charge in [0, 0.05) is 25.4 Å². The molecule has 0 aliphatic carbocycles. The number of nitrogens with one attached hydrogen (secondary N) is 3. The first-order chi connectivity index (χ1) is 13.9. The van der Waals surface area contributed by atoms with E-state index in [0.717, 1.165) is 5.56 Å². The number of anilines is 3. The Morgan fingerprint density at radius 2 is 1.76 bits per heavy atom. The van der Waals surface area contributed by atoms with E-state index in [1.807, 2.05) is 19.1 Å². The molecule has 0 aliphatic heterocycles. The lowest BCUT2D eigenvalue weighted by molar-refractivity contribution is 0.581. The van der Waals surface area contributed by atoms with Crippen LogP contribution in [0.1, 0.15) is 11.1 Å². The lowest BCUT2D eigenvalue weighted by atomic mass is 10.2. The normalized spacial score (nSPS) is 11.2. The fraction of sp³-hybridized carbons (Fsp3) is 0.211. The highest BCUT2D eigenvalue weighted by Crippen LogP contribution is 2.15. The van der Waals surface area contributed by atoms with Gasteiger partial charge in [-0.2, -0.15) is 0 Å². The molecule has 0 saturated carbocycles. The largest absolute Gasteiger partial charge is 0.369 e. The molecule has 1 aromatic carbocycles. The molecule has 0 unspecified atom stereocenters. The van der Waals surface area contributed by atoms with Crippen LogP contribution in [-0.2, 0) is 15.8 Å². The molecular weight excluding hydrogens is 395 g/mol. The second kappa shape index (κ2) is 9.39. The highest BCUT2D eigenvalue weighted by molar-refractivity contribution is 7.88. The van der Waals surface area contributed by atoms with Crippen LogP contribution in [0.4, 0.5) is 21.8 Å². The molecule has 2 heterocycles. The summed E-state index contributed by atoms with van der Waals surface area (Å²) in [5.74, 6) is 1.02. The third-order valence-electron chi connectivity index (χ3n) is 3.84. The van der Waals surface area contributed by atoms with E-state index in [1.54, 1.807) is 18.3 Å². The monoisotopic (exact) mass is 416 g/mol. The Bertz CT molecular complexity index is 1080. The number of rotatable bonds is 9. The first-order valence-electron chi connectivity index (χ1n) is 8.87. The number of halogens is 1. The molecule has 0 aliphatic rings. The minimum absolute atomic E-state index is 0.157. The molecule has 2 aromatic heterocycles. The Kier molecular flexibility index (Phi) is 6.68. The Morgan fingerprint density at radius 1 is 0.966 bits per heavy atom. The SMILES string of the molecule is Cc1ccnc(Nc2cc(NCCNS(=O)(=O)Cc3cccc(F)c3)ncn2)c1. The van der Waals surface area contributed by atoms with Crippen LogP contribution in [0, 0.1) is 12.7 Å². The Hall–Kier alpha value is -3.11. The van der Waals surface area contributed by atoms with E-state index in [0.29, 0.717) is 29.6 Å². The van der Waals surface area contributed by atoms with Crippen molar-refractivity contribution in [3.63, 3.8) is 0 Å². The molecule has 0 fully saturated rings. The van der Waals surface area contributed by atoms with Crippen molar-refractivity contribution in [2.75, 3.05) is 23.7 Å². The Morgan fingerprint density at radius 3 is 2.55 bits per heavy atom. The first-order valence-corrected chi connectivity index (χ1v) is 10.5. The average molecular weight is 416 g/mol. The van der Waals surface area contributed by atoms with Crippen LogP contribution in [0.15, 0.2) is 55.0 Å². The Balaban J connectivity index is 1.49. The molecular formula is C19H21FN6O2S. The zero-order chi connectivity index (χ0) is 20.7.